The van der Waals surface area contributed by atoms with Crippen LogP contribution in [0, 0.1) is 0 Å². The van der Waals surface area contributed by atoms with E-state index in [2.05, 4.69) is 15.5 Å². The van der Waals surface area contributed by atoms with Gasteiger partial charge in [-0.25, -0.2) is 8.42 Å². The van der Waals surface area contributed by atoms with Gasteiger partial charge in [0.1, 0.15) is 11.6 Å². The highest BCUT2D eigenvalue weighted by atomic mass is 35.5. The lowest BCUT2D eigenvalue weighted by molar-refractivity contribution is -0.114. The number of nitrogens with zero attached hydrogens (tertiary/aromatic N) is 3. The Morgan fingerprint density at radius 2 is 1.90 bits per heavy atom. The van der Waals surface area contributed by atoms with Gasteiger partial charge in [-0.1, -0.05) is 35.1 Å². The fourth-order valence-corrected chi connectivity index (χ4v) is 4.77. The summed E-state index contributed by atoms with van der Waals surface area (Å²) in [4.78, 5) is 12.6. The molecule has 0 aliphatic carbocycles. The van der Waals surface area contributed by atoms with Crippen LogP contribution in [0.3, 0.4) is 0 Å². The Hall–Kier alpha value is -2.89. The second-order valence-corrected chi connectivity index (χ2v) is 10.0. The molecule has 1 aromatic heterocycles. The van der Waals surface area contributed by atoms with Crippen LogP contribution in [0.4, 0.5) is 10.8 Å². The molecule has 0 fully saturated rings. The number of ether oxygens (including phenoxy) is 2. The summed E-state index contributed by atoms with van der Waals surface area (Å²) < 4.78 is 36.9. The van der Waals surface area contributed by atoms with Crippen LogP contribution in [0.2, 0.25) is 5.02 Å². The average molecular weight is 481 g/mol. The molecule has 0 unspecified atom stereocenters. The van der Waals surface area contributed by atoms with Crippen molar-refractivity contribution < 1.29 is 22.7 Å². The first kappa shape index (κ1) is 21.3. The van der Waals surface area contributed by atoms with Gasteiger partial charge in [-0.05, 0) is 31.2 Å². The van der Waals surface area contributed by atoms with Gasteiger partial charge in [-0.3, -0.25) is 14.4 Å². The zero-order valence-corrected chi connectivity index (χ0v) is 18.6. The van der Waals surface area contributed by atoms with Gasteiger partial charge in [0.15, 0.2) is 11.5 Å². The molecule has 1 aliphatic rings. The topological polar surface area (TPSA) is 111 Å². The Labute approximate surface area is 187 Å². The molecular formula is C19H17ClN4O5S2. The summed E-state index contributed by atoms with van der Waals surface area (Å²) in [6, 6.07) is 11.8. The second kappa shape index (κ2) is 8.69. The maximum Gasteiger partial charge on any atom is 0.246 e. The predicted octanol–water partition coefficient (Wildman–Crippen LogP) is 3.38. The molecule has 3 aromatic rings. The number of anilines is 2. The van der Waals surface area contributed by atoms with Crippen molar-refractivity contribution in [1.29, 1.82) is 0 Å². The zero-order valence-electron chi connectivity index (χ0n) is 16.2. The summed E-state index contributed by atoms with van der Waals surface area (Å²) in [7, 11) is -3.73. The van der Waals surface area contributed by atoms with Gasteiger partial charge >= 0.3 is 0 Å². The number of sulfonamides is 1. The number of rotatable bonds is 7. The van der Waals surface area contributed by atoms with Gasteiger partial charge < -0.3 is 9.47 Å². The van der Waals surface area contributed by atoms with Crippen molar-refractivity contribution in [2.45, 2.75) is 6.92 Å². The Bertz CT molecular complexity index is 1210. The zero-order chi connectivity index (χ0) is 22.0. The van der Waals surface area contributed by atoms with Gasteiger partial charge in [-0.15, -0.1) is 10.2 Å². The highest BCUT2D eigenvalue weighted by Crippen LogP contribution is 2.36. The lowest BCUT2D eigenvalue weighted by atomic mass is 10.2. The van der Waals surface area contributed by atoms with E-state index in [0.29, 0.717) is 27.2 Å². The highest BCUT2D eigenvalue weighted by molar-refractivity contribution is 7.92. The van der Waals surface area contributed by atoms with Gasteiger partial charge in [0.2, 0.25) is 27.9 Å². The number of hydrogen-bond acceptors (Lipinski definition) is 8. The average Bonchev–Trinajstić information content (AvgIpc) is 3.41. The van der Waals surface area contributed by atoms with E-state index in [1.165, 1.54) is 24.3 Å². The minimum Gasteiger partial charge on any atom is -0.454 e. The molecule has 0 saturated heterocycles. The lowest BCUT2D eigenvalue weighted by Crippen LogP contribution is -2.39. The van der Waals surface area contributed by atoms with Crippen molar-refractivity contribution in [3.8, 4) is 22.1 Å². The standard InChI is InChI=1S/C19H17ClN4O5S2/c1-2-31(26,27)24(14-7-8-15-16(9-14)29-11-28-15)10-17(25)21-19-23-22-18(30-19)12-3-5-13(20)6-4-12/h3-9H,2,10-11H2,1H3,(H,21,23,25). The summed E-state index contributed by atoms with van der Waals surface area (Å²) in [6.45, 7) is 1.15. The molecule has 4 rings (SSSR count). The van der Waals surface area contributed by atoms with E-state index in [4.69, 9.17) is 21.1 Å². The minimum absolute atomic E-state index is 0.0623. The van der Waals surface area contributed by atoms with Crippen LogP contribution in [0.5, 0.6) is 11.5 Å². The van der Waals surface area contributed by atoms with Crippen LogP contribution in [-0.4, -0.2) is 43.6 Å². The molecule has 1 aliphatic heterocycles. The first-order valence-corrected chi connectivity index (χ1v) is 12.0. The minimum atomic E-state index is -3.73. The fraction of sp³-hybridized carbons (Fsp3) is 0.211. The molecule has 2 aromatic carbocycles. The lowest BCUT2D eigenvalue weighted by Gasteiger charge is -2.23. The number of fused-ring (bicyclic) bond motifs is 1. The molecule has 1 N–H and O–H groups in total. The first-order chi connectivity index (χ1) is 14.9. The molecule has 2 heterocycles. The SMILES string of the molecule is CCS(=O)(=O)N(CC(=O)Nc1nnc(-c2ccc(Cl)cc2)s1)c1ccc2c(c1)OCO2. The van der Waals surface area contributed by atoms with Crippen molar-refractivity contribution in [2.24, 2.45) is 0 Å². The van der Waals surface area contributed by atoms with Crippen LogP contribution >= 0.6 is 22.9 Å². The molecule has 1 amide bonds. The monoisotopic (exact) mass is 480 g/mol. The van der Waals surface area contributed by atoms with E-state index in [1.807, 2.05) is 0 Å². The highest BCUT2D eigenvalue weighted by Gasteiger charge is 2.26. The van der Waals surface area contributed by atoms with Gasteiger partial charge in [0, 0.05) is 16.7 Å². The summed E-state index contributed by atoms with van der Waals surface area (Å²) in [6.07, 6.45) is 0. The van der Waals surface area contributed by atoms with Crippen molar-refractivity contribution in [3.05, 3.63) is 47.5 Å². The van der Waals surface area contributed by atoms with E-state index in [-0.39, 0.29) is 17.7 Å². The van der Waals surface area contributed by atoms with Gasteiger partial charge in [0.25, 0.3) is 0 Å². The third-order valence-electron chi connectivity index (χ3n) is 4.39. The molecule has 12 heteroatoms. The van der Waals surface area contributed by atoms with Crippen LogP contribution in [0.15, 0.2) is 42.5 Å². The number of aromatic nitrogens is 2. The summed E-state index contributed by atoms with van der Waals surface area (Å²) in [5, 5.41) is 12.1. The van der Waals surface area contributed by atoms with E-state index >= 15 is 0 Å². The Morgan fingerprint density at radius 3 is 2.65 bits per heavy atom. The Kier molecular flexibility index (Phi) is 5.99. The van der Waals surface area contributed by atoms with E-state index in [0.717, 1.165) is 9.87 Å². The number of halogens is 1. The molecule has 0 spiro atoms. The fourth-order valence-electron chi connectivity index (χ4n) is 2.82. The maximum absolute atomic E-state index is 12.6. The summed E-state index contributed by atoms with van der Waals surface area (Å²) >= 11 is 7.06. The number of carbonyl (C=O) groups is 1. The number of amides is 1. The van der Waals surface area contributed by atoms with Crippen molar-refractivity contribution in [3.63, 3.8) is 0 Å². The molecule has 0 radical (unpaired) electrons. The van der Waals surface area contributed by atoms with Gasteiger partial charge in [0.05, 0.1) is 11.4 Å². The Morgan fingerprint density at radius 1 is 1.16 bits per heavy atom. The van der Waals surface area contributed by atoms with Crippen molar-refractivity contribution in [2.75, 3.05) is 28.7 Å². The smallest absolute Gasteiger partial charge is 0.246 e. The van der Waals surface area contributed by atoms with Crippen molar-refractivity contribution >= 4 is 49.7 Å². The van der Waals surface area contributed by atoms with Crippen LogP contribution in [0.25, 0.3) is 10.6 Å². The normalized spacial score (nSPS) is 12.6. The third-order valence-corrected chi connectivity index (χ3v) is 7.28. The van der Waals surface area contributed by atoms with Crippen LogP contribution in [0.1, 0.15) is 6.92 Å². The molecule has 9 nitrogen and oxygen atoms in total. The summed E-state index contributed by atoms with van der Waals surface area (Å²) in [5.74, 6) is 0.221. The predicted molar refractivity (Wildman–Crippen MR) is 118 cm³/mol. The largest absolute Gasteiger partial charge is 0.454 e. The Balaban J connectivity index is 1.51. The second-order valence-electron chi connectivity index (χ2n) is 6.41. The first-order valence-electron chi connectivity index (χ1n) is 9.15. The molecule has 162 valence electrons. The molecule has 0 atom stereocenters. The number of hydrogen-bond donors (Lipinski definition) is 1. The molecule has 0 saturated carbocycles. The van der Waals surface area contributed by atoms with Crippen molar-refractivity contribution in [1.82, 2.24) is 10.2 Å². The molecule has 0 bridgehead atoms. The number of carbonyl (C=O) groups excluding carboxylic acids is 1. The number of benzene rings is 2. The third kappa shape index (κ3) is 4.73. The molecular weight excluding hydrogens is 464 g/mol. The van der Waals surface area contributed by atoms with E-state index < -0.39 is 22.5 Å². The number of nitrogens with one attached hydrogen (secondary N) is 1. The maximum atomic E-state index is 12.6. The summed E-state index contributed by atoms with van der Waals surface area (Å²) in [5.41, 5.74) is 1.11. The molecule has 31 heavy (non-hydrogen) atoms. The quantitative estimate of drug-likeness (QED) is 0.551. The van der Waals surface area contributed by atoms with Crippen LogP contribution < -0.4 is 19.1 Å². The van der Waals surface area contributed by atoms with E-state index in [1.54, 1.807) is 36.4 Å². The van der Waals surface area contributed by atoms with Crippen LogP contribution in [-0.2, 0) is 14.8 Å². The van der Waals surface area contributed by atoms with Gasteiger partial charge in [-0.2, -0.15) is 0 Å². The van der Waals surface area contributed by atoms with E-state index in [9.17, 15) is 13.2 Å².